The second-order valence-electron chi connectivity index (χ2n) is 9.33. The minimum absolute atomic E-state index is 0.0650. The van der Waals surface area contributed by atoms with Gasteiger partial charge in [0, 0.05) is 18.1 Å². The van der Waals surface area contributed by atoms with E-state index in [4.69, 9.17) is 11.6 Å². The fraction of sp³-hybridized carbons (Fsp3) is 0.783. The van der Waals surface area contributed by atoms with Crippen LogP contribution in [0.3, 0.4) is 0 Å². The monoisotopic (exact) mass is 394 g/mol. The smallest absolute Gasteiger partial charge is 0.239 e. The molecule has 2 atom stereocenters. The molecule has 1 heterocycles. The molecule has 0 aromatic rings. The van der Waals surface area contributed by atoms with Gasteiger partial charge in [0.25, 0.3) is 0 Å². The number of piperidine rings is 1. The first-order valence-electron chi connectivity index (χ1n) is 10.8. The highest BCUT2D eigenvalue weighted by molar-refractivity contribution is 6.29. The van der Waals surface area contributed by atoms with E-state index in [0.717, 1.165) is 50.3 Å². The molecular weight excluding hydrogens is 356 g/mol. The van der Waals surface area contributed by atoms with Crippen LogP contribution in [-0.2, 0) is 4.79 Å². The first kappa shape index (κ1) is 22.5. The molecule has 1 N–H and O–H groups in total. The molecule has 0 bridgehead atoms. The Morgan fingerprint density at radius 2 is 2.04 bits per heavy atom. The summed E-state index contributed by atoms with van der Waals surface area (Å²) in [6, 6.07) is -0.0650. The number of hydrogen-bond donors (Lipinski definition) is 1. The van der Waals surface area contributed by atoms with Crippen molar-refractivity contribution in [2.75, 3.05) is 19.6 Å². The number of nitrogens with one attached hydrogen (secondary N) is 1. The van der Waals surface area contributed by atoms with Gasteiger partial charge in [-0.3, -0.25) is 4.79 Å². The van der Waals surface area contributed by atoms with Crippen molar-refractivity contribution < 1.29 is 4.79 Å². The fourth-order valence-electron chi connectivity index (χ4n) is 4.59. The van der Waals surface area contributed by atoms with Crippen molar-refractivity contribution in [2.24, 2.45) is 17.3 Å². The van der Waals surface area contributed by atoms with Gasteiger partial charge in [-0.25, -0.2) is 0 Å². The average molecular weight is 395 g/mol. The largest absolute Gasteiger partial charge is 0.341 e. The maximum Gasteiger partial charge on any atom is 0.239 e. The number of carbonyl (C=O) groups is 1. The van der Waals surface area contributed by atoms with E-state index in [-0.39, 0.29) is 17.4 Å². The molecule has 0 unspecified atom stereocenters. The van der Waals surface area contributed by atoms with E-state index < -0.39 is 0 Å². The topological polar surface area (TPSA) is 32.3 Å². The molecule has 0 spiro atoms. The van der Waals surface area contributed by atoms with Crippen molar-refractivity contribution in [1.29, 1.82) is 0 Å². The van der Waals surface area contributed by atoms with Crippen LogP contribution in [0.5, 0.6) is 0 Å². The molecule has 2 rings (SSSR count). The Balaban J connectivity index is 2.00. The maximum absolute atomic E-state index is 13.2. The zero-order chi connectivity index (χ0) is 20.0. The normalized spacial score (nSPS) is 23.8. The fourth-order valence-corrected chi connectivity index (χ4v) is 4.75. The van der Waals surface area contributed by atoms with Gasteiger partial charge in [-0.15, -0.1) is 0 Å². The lowest BCUT2D eigenvalue weighted by molar-refractivity contribution is -0.138. The summed E-state index contributed by atoms with van der Waals surface area (Å²) in [5, 5.41) is 4.49. The molecule has 154 valence electrons. The van der Waals surface area contributed by atoms with Crippen molar-refractivity contribution in [1.82, 2.24) is 10.2 Å². The lowest BCUT2D eigenvalue weighted by Gasteiger charge is -2.47. The van der Waals surface area contributed by atoms with Gasteiger partial charge < -0.3 is 10.2 Å². The Bertz CT molecular complexity index is 565. The number of rotatable bonds is 8. The molecule has 1 fully saturated rings. The minimum atomic E-state index is -0.0650. The van der Waals surface area contributed by atoms with Crippen molar-refractivity contribution in [2.45, 2.75) is 79.2 Å². The number of amides is 1. The number of likely N-dealkylation sites (tertiary alicyclic amines) is 1. The van der Waals surface area contributed by atoms with Gasteiger partial charge in [0.15, 0.2) is 0 Å². The maximum atomic E-state index is 13.2. The first-order valence-corrected chi connectivity index (χ1v) is 11.2. The lowest BCUT2D eigenvalue weighted by atomic mass is 9.68. The van der Waals surface area contributed by atoms with Crippen LogP contribution in [0.15, 0.2) is 22.8 Å². The number of allylic oxidation sites excluding steroid dienone is 4. The number of unbranched alkanes of at least 4 members (excludes halogenated alkanes) is 2. The standard InChI is InChI=1S/C23H39ClN2O/c1-6-7-8-14-25-21(17(2)3)22(27)26-15-13-20(23(4,5)16-26)18-9-11-19(24)12-10-18/h9,11,17,20-21,25H,6-8,10,12-16H2,1-5H3/t20-,21-/m1/s1. The van der Waals surface area contributed by atoms with Crippen molar-refractivity contribution in [3.63, 3.8) is 0 Å². The van der Waals surface area contributed by atoms with Crippen molar-refractivity contribution in [3.05, 3.63) is 22.8 Å². The van der Waals surface area contributed by atoms with Gasteiger partial charge in [0.2, 0.25) is 5.91 Å². The summed E-state index contributed by atoms with van der Waals surface area (Å²) in [5.74, 6) is 1.14. The van der Waals surface area contributed by atoms with Gasteiger partial charge >= 0.3 is 0 Å². The highest BCUT2D eigenvalue weighted by Gasteiger charge is 2.40. The molecule has 27 heavy (non-hydrogen) atoms. The summed E-state index contributed by atoms with van der Waals surface area (Å²) in [4.78, 5) is 15.4. The zero-order valence-corrected chi connectivity index (χ0v) is 18.7. The third-order valence-electron chi connectivity index (χ3n) is 6.20. The summed E-state index contributed by atoms with van der Waals surface area (Å²) in [6.45, 7) is 13.8. The van der Waals surface area contributed by atoms with Crippen LogP contribution in [0, 0.1) is 17.3 Å². The van der Waals surface area contributed by atoms with Gasteiger partial charge in [-0.05, 0) is 55.6 Å². The van der Waals surface area contributed by atoms with Crippen LogP contribution in [0.25, 0.3) is 0 Å². The Hall–Kier alpha value is -0.800. The van der Waals surface area contributed by atoms with E-state index in [0.29, 0.717) is 11.8 Å². The van der Waals surface area contributed by atoms with Crippen LogP contribution >= 0.6 is 11.6 Å². The third-order valence-corrected chi connectivity index (χ3v) is 6.51. The van der Waals surface area contributed by atoms with E-state index in [2.05, 4.69) is 57.0 Å². The SMILES string of the molecule is CCCCCN[C@@H](C(=O)N1CC[C@H](C2=CC=C(Cl)CC2)C(C)(C)C1)C(C)C. The Kier molecular flexibility index (Phi) is 8.42. The molecule has 0 aromatic heterocycles. The van der Waals surface area contributed by atoms with Crippen LogP contribution in [0.4, 0.5) is 0 Å². The molecule has 2 aliphatic rings. The predicted molar refractivity (Wildman–Crippen MR) is 116 cm³/mol. The summed E-state index contributed by atoms with van der Waals surface area (Å²) < 4.78 is 0. The summed E-state index contributed by atoms with van der Waals surface area (Å²) >= 11 is 6.14. The summed E-state index contributed by atoms with van der Waals surface area (Å²) in [6.07, 6.45) is 10.9. The van der Waals surface area contributed by atoms with Crippen LogP contribution in [-0.4, -0.2) is 36.5 Å². The molecule has 3 nitrogen and oxygen atoms in total. The van der Waals surface area contributed by atoms with E-state index in [1.54, 1.807) is 0 Å². The summed E-state index contributed by atoms with van der Waals surface area (Å²) in [5.41, 5.74) is 1.61. The Morgan fingerprint density at radius 3 is 2.59 bits per heavy atom. The van der Waals surface area contributed by atoms with E-state index in [9.17, 15) is 4.79 Å². The number of carbonyl (C=O) groups excluding carboxylic acids is 1. The lowest BCUT2D eigenvalue weighted by Crippen LogP contribution is -2.55. The molecule has 1 amide bonds. The quantitative estimate of drug-likeness (QED) is 0.550. The van der Waals surface area contributed by atoms with Crippen molar-refractivity contribution >= 4 is 17.5 Å². The molecule has 0 saturated carbocycles. The molecule has 1 aliphatic carbocycles. The van der Waals surface area contributed by atoms with Crippen LogP contribution in [0.2, 0.25) is 0 Å². The number of halogens is 1. The van der Waals surface area contributed by atoms with Crippen LogP contribution < -0.4 is 5.32 Å². The first-order chi connectivity index (χ1) is 12.8. The third kappa shape index (κ3) is 6.09. The van der Waals surface area contributed by atoms with E-state index >= 15 is 0 Å². The highest BCUT2D eigenvalue weighted by Crippen LogP contribution is 2.42. The van der Waals surface area contributed by atoms with E-state index in [1.165, 1.54) is 18.4 Å². The molecular formula is C23H39ClN2O. The minimum Gasteiger partial charge on any atom is -0.341 e. The van der Waals surface area contributed by atoms with Gasteiger partial charge in [0.1, 0.15) is 0 Å². The van der Waals surface area contributed by atoms with Gasteiger partial charge in [-0.2, -0.15) is 0 Å². The molecule has 1 aliphatic heterocycles. The molecule has 4 heteroatoms. The predicted octanol–water partition coefficient (Wildman–Crippen LogP) is 5.51. The number of hydrogen-bond acceptors (Lipinski definition) is 2. The molecule has 0 aromatic carbocycles. The molecule has 0 radical (unpaired) electrons. The van der Waals surface area contributed by atoms with Crippen LogP contribution in [0.1, 0.15) is 73.1 Å². The zero-order valence-electron chi connectivity index (χ0n) is 18.0. The Labute approximate surface area is 171 Å². The second kappa shape index (κ2) is 10.1. The van der Waals surface area contributed by atoms with Gasteiger partial charge in [-0.1, -0.05) is 70.7 Å². The summed E-state index contributed by atoms with van der Waals surface area (Å²) in [7, 11) is 0. The van der Waals surface area contributed by atoms with E-state index in [1.807, 2.05) is 0 Å². The molecule has 1 saturated heterocycles. The van der Waals surface area contributed by atoms with Gasteiger partial charge in [0.05, 0.1) is 6.04 Å². The second-order valence-corrected chi connectivity index (χ2v) is 9.81. The number of nitrogens with zero attached hydrogens (tertiary/aromatic N) is 1. The Morgan fingerprint density at radius 1 is 1.30 bits per heavy atom. The highest BCUT2D eigenvalue weighted by atomic mass is 35.5. The van der Waals surface area contributed by atoms with Crippen molar-refractivity contribution in [3.8, 4) is 0 Å². The average Bonchev–Trinajstić information content (AvgIpc) is 2.61.